The van der Waals surface area contributed by atoms with Crippen LogP contribution in [-0.4, -0.2) is 13.7 Å². The molecule has 262 valence electrons. The molecule has 11 aromatic rings. The predicted molar refractivity (Wildman–Crippen MR) is 229 cm³/mol. The Bertz CT molecular complexity index is 3580. The van der Waals surface area contributed by atoms with Gasteiger partial charge in [-0.2, -0.15) is 15.8 Å². The largest absolute Gasteiger partial charge is 0.309 e. The van der Waals surface area contributed by atoms with Crippen molar-refractivity contribution in [2.45, 2.75) is 0 Å². The fraction of sp³-hybridized carbons (Fsp3) is 0. The van der Waals surface area contributed by atoms with Crippen LogP contribution in [0.4, 0.5) is 0 Å². The minimum Gasteiger partial charge on any atom is -0.309 e. The van der Waals surface area contributed by atoms with E-state index in [9.17, 15) is 15.8 Å². The van der Waals surface area contributed by atoms with Gasteiger partial charge in [-0.05, 0) is 66.7 Å². The Hall–Kier alpha value is -8.37. The lowest BCUT2D eigenvalue weighted by Crippen LogP contribution is -2.05. The van der Waals surface area contributed by atoms with Crippen LogP contribution in [0.2, 0.25) is 0 Å². The third-order valence-electron chi connectivity index (χ3n) is 11.3. The third-order valence-corrected chi connectivity index (χ3v) is 11.3. The normalized spacial score (nSPS) is 11.5. The standard InChI is InChI=1S/C51H28N6/c52-29-32-23-26-48-43(27-32)39-16-4-8-22-47(39)56(48)50-33(30-53)11-9-17-41(50)42-18-10-12-34(31-54)51(42)57-46-21-7-3-15-38(46)40-25-24-35(28-49(40)57)55-44-19-5-1-13-36(44)37-14-2-6-20-45(37)55/h1-28H. The van der Waals surface area contributed by atoms with E-state index >= 15 is 0 Å². The molecule has 0 aliphatic rings. The number of rotatable bonds is 4. The van der Waals surface area contributed by atoms with Gasteiger partial charge in [-0.3, -0.25) is 0 Å². The number of nitriles is 3. The van der Waals surface area contributed by atoms with E-state index in [1.807, 2.05) is 66.7 Å². The Kier molecular flexibility index (Phi) is 6.95. The first-order chi connectivity index (χ1) is 28.2. The molecule has 3 heterocycles. The highest BCUT2D eigenvalue weighted by Gasteiger charge is 2.25. The van der Waals surface area contributed by atoms with E-state index in [1.54, 1.807) is 0 Å². The number of nitrogens with zero attached hydrogens (tertiary/aromatic N) is 6. The van der Waals surface area contributed by atoms with E-state index in [2.05, 4.69) is 135 Å². The van der Waals surface area contributed by atoms with Crippen LogP contribution in [0.25, 0.3) is 93.6 Å². The predicted octanol–water partition coefficient (Wildman–Crippen LogP) is 12.3. The number of para-hydroxylation sites is 6. The van der Waals surface area contributed by atoms with Crippen molar-refractivity contribution in [1.82, 2.24) is 13.7 Å². The van der Waals surface area contributed by atoms with Crippen LogP contribution < -0.4 is 0 Å². The molecule has 0 aliphatic carbocycles. The van der Waals surface area contributed by atoms with Crippen LogP contribution >= 0.6 is 0 Å². The van der Waals surface area contributed by atoms with Gasteiger partial charge < -0.3 is 13.7 Å². The first kappa shape index (κ1) is 32.1. The van der Waals surface area contributed by atoms with E-state index in [4.69, 9.17) is 0 Å². The van der Waals surface area contributed by atoms with Gasteiger partial charge in [0, 0.05) is 49.1 Å². The van der Waals surface area contributed by atoms with Gasteiger partial charge in [-0.1, -0.05) is 103 Å². The zero-order valence-electron chi connectivity index (χ0n) is 30.3. The van der Waals surface area contributed by atoms with E-state index in [0.717, 1.165) is 77.1 Å². The molecule has 6 nitrogen and oxygen atoms in total. The molecule has 0 aliphatic heterocycles. The summed E-state index contributed by atoms with van der Waals surface area (Å²) < 4.78 is 6.68. The maximum atomic E-state index is 10.9. The average Bonchev–Trinajstić information content (AvgIpc) is 3.90. The van der Waals surface area contributed by atoms with E-state index in [-0.39, 0.29) is 0 Å². The van der Waals surface area contributed by atoms with Crippen LogP contribution in [0.1, 0.15) is 16.7 Å². The van der Waals surface area contributed by atoms with Crippen LogP contribution in [0.15, 0.2) is 170 Å². The zero-order chi connectivity index (χ0) is 38.2. The van der Waals surface area contributed by atoms with Gasteiger partial charge in [-0.25, -0.2) is 0 Å². The molecule has 6 heteroatoms. The SMILES string of the molecule is N#Cc1ccc2c(c1)c1ccccc1n2-c1c(C#N)cccc1-c1cccc(C#N)c1-n1c2ccccc2c2ccc(-n3c4ccccc4c4ccccc43)cc21. The molecular formula is C51H28N6. The fourth-order valence-electron chi connectivity index (χ4n) is 9.01. The third kappa shape index (κ3) is 4.55. The van der Waals surface area contributed by atoms with Crippen LogP contribution in [0.3, 0.4) is 0 Å². The van der Waals surface area contributed by atoms with Gasteiger partial charge in [0.15, 0.2) is 0 Å². The zero-order valence-corrected chi connectivity index (χ0v) is 30.3. The Labute approximate surface area is 326 Å². The summed E-state index contributed by atoms with van der Waals surface area (Å²) >= 11 is 0. The molecule has 0 saturated heterocycles. The molecule has 57 heavy (non-hydrogen) atoms. The van der Waals surface area contributed by atoms with Crippen molar-refractivity contribution >= 4 is 65.4 Å². The van der Waals surface area contributed by atoms with E-state index < -0.39 is 0 Å². The molecule has 11 rings (SSSR count). The first-order valence-electron chi connectivity index (χ1n) is 18.7. The monoisotopic (exact) mass is 724 g/mol. The van der Waals surface area contributed by atoms with Crippen molar-refractivity contribution in [2.75, 3.05) is 0 Å². The van der Waals surface area contributed by atoms with Crippen molar-refractivity contribution in [3.63, 3.8) is 0 Å². The average molecular weight is 725 g/mol. The minimum atomic E-state index is 0.490. The van der Waals surface area contributed by atoms with Crippen LogP contribution in [0.5, 0.6) is 0 Å². The number of hydrogen-bond donors (Lipinski definition) is 0. The molecule has 0 bridgehead atoms. The highest BCUT2D eigenvalue weighted by molar-refractivity contribution is 6.13. The second-order valence-electron chi connectivity index (χ2n) is 14.2. The van der Waals surface area contributed by atoms with Crippen molar-refractivity contribution in [2.24, 2.45) is 0 Å². The van der Waals surface area contributed by atoms with Crippen molar-refractivity contribution in [1.29, 1.82) is 15.8 Å². The van der Waals surface area contributed by atoms with Gasteiger partial charge >= 0.3 is 0 Å². The molecule has 0 amide bonds. The number of aromatic nitrogens is 3. The first-order valence-corrected chi connectivity index (χ1v) is 18.7. The minimum absolute atomic E-state index is 0.490. The molecule has 8 aromatic carbocycles. The topological polar surface area (TPSA) is 86.2 Å². The second-order valence-corrected chi connectivity index (χ2v) is 14.2. The summed E-state index contributed by atoms with van der Waals surface area (Å²) in [6, 6.07) is 64.7. The summed E-state index contributed by atoms with van der Waals surface area (Å²) in [6.07, 6.45) is 0. The van der Waals surface area contributed by atoms with Crippen molar-refractivity contribution < 1.29 is 0 Å². The molecular weight excluding hydrogens is 697 g/mol. The maximum Gasteiger partial charge on any atom is 0.101 e. The summed E-state index contributed by atoms with van der Waals surface area (Å²) in [5.41, 5.74) is 11.6. The molecule has 0 saturated carbocycles. The van der Waals surface area contributed by atoms with Gasteiger partial charge in [0.2, 0.25) is 0 Å². The Morgan fingerprint density at radius 1 is 0.316 bits per heavy atom. The molecule has 0 unspecified atom stereocenters. The smallest absolute Gasteiger partial charge is 0.101 e. The van der Waals surface area contributed by atoms with Gasteiger partial charge in [0.05, 0.1) is 67.2 Å². The van der Waals surface area contributed by atoms with E-state index in [0.29, 0.717) is 22.4 Å². The Morgan fingerprint density at radius 3 is 1.26 bits per heavy atom. The molecule has 0 spiro atoms. The highest BCUT2D eigenvalue weighted by Crippen LogP contribution is 2.43. The van der Waals surface area contributed by atoms with Crippen molar-refractivity contribution in [3.05, 3.63) is 187 Å². The van der Waals surface area contributed by atoms with Gasteiger partial charge in [0.1, 0.15) is 12.1 Å². The summed E-state index contributed by atoms with van der Waals surface area (Å²) in [5, 5.41) is 37.9. The summed E-state index contributed by atoms with van der Waals surface area (Å²) in [7, 11) is 0. The summed E-state index contributed by atoms with van der Waals surface area (Å²) in [4.78, 5) is 0. The molecule has 0 fully saturated rings. The number of hydrogen-bond acceptors (Lipinski definition) is 3. The number of benzene rings is 8. The second kappa shape index (κ2) is 12.3. The molecule has 3 aromatic heterocycles. The van der Waals surface area contributed by atoms with Crippen LogP contribution in [-0.2, 0) is 0 Å². The Balaban J connectivity index is 1.25. The lowest BCUT2D eigenvalue weighted by molar-refractivity contribution is 1.14. The molecule has 0 atom stereocenters. The van der Waals surface area contributed by atoms with Crippen molar-refractivity contribution in [3.8, 4) is 46.4 Å². The quantitative estimate of drug-likeness (QED) is 0.181. The molecule has 0 radical (unpaired) electrons. The number of fused-ring (bicyclic) bond motifs is 9. The molecule has 0 N–H and O–H groups in total. The summed E-state index contributed by atoms with van der Waals surface area (Å²) in [5.74, 6) is 0. The fourth-order valence-corrected chi connectivity index (χ4v) is 9.01. The lowest BCUT2D eigenvalue weighted by Gasteiger charge is -2.20. The lowest BCUT2D eigenvalue weighted by atomic mass is 9.95. The highest BCUT2D eigenvalue weighted by atomic mass is 15.0. The van der Waals surface area contributed by atoms with E-state index in [1.165, 1.54) is 10.8 Å². The maximum absolute atomic E-state index is 10.9. The summed E-state index contributed by atoms with van der Waals surface area (Å²) in [6.45, 7) is 0. The van der Waals surface area contributed by atoms with Gasteiger partial charge in [0.25, 0.3) is 0 Å². The van der Waals surface area contributed by atoms with Crippen LogP contribution in [0, 0.1) is 34.0 Å². The van der Waals surface area contributed by atoms with Gasteiger partial charge in [-0.15, -0.1) is 0 Å². The Morgan fingerprint density at radius 2 is 0.754 bits per heavy atom.